The van der Waals surface area contributed by atoms with E-state index in [0.717, 1.165) is 25.9 Å². The number of likely N-dealkylation sites (tertiary alicyclic amines) is 1. The van der Waals surface area contributed by atoms with Gasteiger partial charge in [-0.2, -0.15) is 0 Å². The summed E-state index contributed by atoms with van der Waals surface area (Å²) in [5.41, 5.74) is 0.708. The number of methoxy groups -OCH3 is 2. The Bertz CT molecular complexity index is 651. The van der Waals surface area contributed by atoms with Crippen molar-refractivity contribution in [1.29, 1.82) is 0 Å². The summed E-state index contributed by atoms with van der Waals surface area (Å²) < 4.78 is 9.42. The summed E-state index contributed by atoms with van der Waals surface area (Å²) in [7, 11) is 2.54. The zero-order chi connectivity index (χ0) is 18.4. The van der Waals surface area contributed by atoms with Crippen molar-refractivity contribution in [2.45, 2.75) is 19.8 Å². The summed E-state index contributed by atoms with van der Waals surface area (Å²) >= 11 is 0. The SMILES string of the molecule is COC(=O)c1ccc(C(=O)OC)c(NC(=O)C[NH+]2CCC(C)CC2)c1. The van der Waals surface area contributed by atoms with Gasteiger partial charge in [0.1, 0.15) is 0 Å². The standard InChI is InChI=1S/C18H24N2O5/c1-12-6-8-20(9-7-12)11-16(21)19-15-10-13(17(22)24-2)4-5-14(15)18(23)25-3/h4-5,10,12H,6-9,11H2,1-3H3,(H,19,21)/p+1. The second-order valence-corrected chi connectivity index (χ2v) is 6.40. The first-order valence-electron chi connectivity index (χ1n) is 8.38. The lowest BCUT2D eigenvalue weighted by Crippen LogP contribution is -3.14. The molecule has 0 aliphatic carbocycles. The fourth-order valence-electron chi connectivity index (χ4n) is 2.95. The molecule has 0 aromatic heterocycles. The molecule has 1 amide bonds. The Hall–Kier alpha value is -2.41. The fourth-order valence-corrected chi connectivity index (χ4v) is 2.95. The Labute approximate surface area is 147 Å². The lowest BCUT2D eigenvalue weighted by Gasteiger charge is -2.26. The highest BCUT2D eigenvalue weighted by molar-refractivity contribution is 6.03. The molecule has 1 saturated heterocycles. The predicted octanol–water partition coefficient (Wildman–Crippen LogP) is 0.513. The maximum atomic E-state index is 12.4. The van der Waals surface area contributed by atoms with Gasteiger partial charge < -0.3 is 19.7 Å². The quantitative estimate of drug-likeness (QED) is 0.757. The maximum absolute atomic E-state index is 12.4. The Balaban J connectivity index is 2.13. The topological polar surface area (TPSA) is 86.1 Å². The van der Waals surface area contributed by atoms with E-state index in [2.05, 4.69) is 17.0 Å². The van der Waals surface area contributed by atoms with Crippen LogP contribution in [0.15, 0.2) is 18.2 Å². The Morgan fingerprint density at radius 1 is 1.12 bits per heavy atom. The van der Waals surface area contributed by atoms with E-state index >= 15 is 0 Å². The van der Waals surface area contributed by atoms with Gasteiger partial charge in [0.25, 0.3) is 5.91 Å². The molecule has 1 fully saturated rings. The minimum Gasteiger partial charge on any atom is -0.465 e. The van der Waals surface area contributed by atoms with Gasteiger partial charge in [0.2, 0.25) is 0 Å². The number of esters is 2. The number of amides is 1. The molecule has 1 aliphatic rings. The molecule has 1 aliphatic heterocycles. The third-order valence-electron chi connectivity index (χ3n) is 4.51. The first-order valence-corrected chi connectivity index (χ1v) is 8.38. The monoisotopic (exact) mass is 349 g/mol. The smallest absolute Gasteiger partial charge is 0.339 e. The van der Waals surface area contributed by atoms with Crippen LogP contribution in [0, 0.1) is 5.92 Å². The Morgan fingerprint density at radius 2 is 1.76 bits per heavy atom. The molecular formula is C18H25N2O5+. The van der Waals surface area contributed by atoms with Crippen molar-refractivity contribution in [3.05, 3.63) is 29.3 Å². The van der Waals surface area contributed by atoms with Crippen molar-refractivity contribution in [2.75, 3.05) is 39.2 Å². The lowest BCUT2D eigenvalue weighted by atomic mass is 9.99. The highest BCUT2D eigenvalue weighted by Gasteiger charge is 2.23. The van der Waals surface area contributed by atoms with Crippen LogP contribution in [0.1, 0.15) is 40.5 Å². The number of hydrogen-bond donors (Lipinski definition) is 2. The zero-order valence-corrected chi connectivity index (χ0v) is 14.9. The van der Waals surface area contributed by atoms with E-state index in [-0.39, 0.29) is 22.7 Å². The van der Waals surface area contributed by atoms with Gasteiger partial charge in [-0.15, -0.1) is 0 Å². The minimum absolute atomic E-state index is 0.197. The van der Waals surface area contributed by atoms with Gasteiger partial charge in [0, 0.05) is 0 Å². The molecule has 1 aromatic rings. The van der Waals surface area contributed by atoms with Crippen molar-refractivity contribution >= 4 is 23.5 Å². The normalized spacial score (nSPS) is 19.8. The fraction of sp³-hybridized carbons (Fsp3) is 0.500. The lowest BCUT2D eigenvalue weighted by molar-refractivity contribution is -0.897. The summed E-state index contributed by atoms with van der Waals surface area (Å²) in [5.74, 6) is -0.611. The Morgan fingerprint density at radius 3 is 2.36 bits per heavy atom. The van der Waals surface area contributed by atoms with Crippen LogP contribution in [-0.2, 0) is 14.3 Å². The number of anilines is 1. The molecule has 1 heterocycles. The van der Waals surface area contributed by atoms with Gasteiger partial charge in [-0.25, -0.2) is 9.59 Å². The summed E-state index contributed by atoms with van der Waals surface area (Å²) in [6, 6.07) is 4.34. The van der Waals surface area contributed by atoms with Crippen LogP contribution in [0.25, 0.3) is 0 Å². The number of carbonyl (C=O) groups is 3. The molecule has 136 valence electrons. The van der Waals surface area contributed by atoms with Crippen molar-refractivity contribution in [3.8, 4) is 0 Å². The van der Waals surface area contributed by atoms with E-state index < -0.39 is 11.9 Å². The van der Waals surface area contributed by atoms with Crippen LogP contribution in [-0.4, -0.2) is 51.7 Å². The number of carbonyl (C=O) groups excluding carboxylic acids is 3. The van der Waals surface area contributed by atoms with Crippen LogP contribution >= 0.6 is 0 Å². The average molecular weight is 349 g/mol. The van der Waals surface area contributed by atoms with E-state index in [1.165, 1.54) is 37.3 Å². The van der Waals surface area contributed by atoms with Gasteiger partial charge in [0.05, 0.1) is 44.1 Å². The molecule has 0 unspecified atom stereocenters. The van der Waals surface area contributed by atoms with Gasteiger partial charge in [-0.3, -0.25) is 4.79 Å². The highest BCUT2D eigenvalue weighted by Crippen LogP contribution is 2.19. The molecule has 2 N–H and O–H groups in total. The first-order chi connectivity index (χ1) is 11.9. The van der Waals surface area contributed by atoms with Crippen molar-refractivity contribution < 1.29 is 28.8 Å². The van der Waals surface area contributed by atoms with E-state index in [1.54, 1.807) is 0 Å². The second-order valence-electron chi connectivity index (χ2n) is 6.40. The van der Waals surface area contributed by atoms with E-state index in [4.69, 9.17) is 4.74 Å². The number of benzene rings is 1. The molecule has 0 saturated carbocycles. The van der Waals surface area contributed by atoms with Crippen LogP contribution < -0.4 is 10.2 Å². The molecular weight excluding hydrogens is 324 g/mol. The van der Waals surface area contributed by atoms with Crippen LogP contribution in [0.4, 0.5) is 5.69 Å². The molecule has 7 heteroatoms. The van der Waals surface area contributed by atoms with E-state index in [0.29, 0.717) is 12.5 Å². The van der Waals surface area contributed by atoms with Crippen molar-refractivity contribution in [3.63, 3.8) is 0 Å². The molecule has 0 bridgehead atoms. The Kier molecular flexibility index (Phi) is 6.52. The third kappa shape index (κ3) is 5.03. The molecule has 0 radical (unpaired) electrons. The van der Waals surface area contributed by atoms with Gasteiger partial charge in [-0.05, 0) is 37.0 Å². The van der Waals surface area contributed by atoms with E-state index in [9.17, 15) is 14.4 Å². The molecule has 7 nitrogen and oxygen atoms in total. The first kappa shape index (κ1) is 18.9. The number of quaternary nitrogens is 1. The summed E-state index contributed by atoms with van der Waals surface area (Å²) in [5, 5.41) is 2.74. The summed E-state index contributed by atoms with van der Waals surface area (Å²) in [6.07, 6.45) is 2.21. The van der Waals surface area contributed by atoms with Gasteiger partial charge in [0.15, 0.2) is 6.54 Å². The third-order valence-corrected chi connectivity index (χ3v) is 4.51. The summed E-state index contributed by atoms with van der Waals surface area (Å²) in [4.78, 5) is 37.2. The number of ether oxygens (including phenoxy) is 2. The van der Waals surface area contributed by atoms with Crippen molar-refractivity contribution in [1.82, 2.24) is 0 Å². The maximum Gasteiger partial charge on any atom is 0.339 e. The zero-order valence-electron chi connectivity index (χ0n) is 14.9. The average Bonchev–Trinajstić information content (AvgIpc) is 2.62. The minimum atomic E-state index is -0.578. The highest BCUT2D eigenvalue weighted by atomic mass is 16.5. The number of piperidine rings is 1. The molecule has 25 heavy (non-hydrogen) atoms. The van der Waals surface area contributed by atoms with E-state index in [1.807, 2.05) is 0 Å². The molecule has 0 spiro atoms. The van der Waals surface area contributed by atoms with Crippen LogP contribution in [0.3, 0.4) is 0 Å². The molecule has 1 aromatic carbocycles. The van der Waals surface area contributed by atoms with Crippen molar-refractivity contribution in [2.24, 2.45) is 5.92 Å². The van der Waals surface area contributed by atoms with Crippen LogP contribution in [0.2, 0.25) is 0 Å². The number of nitrogens with one attached hydrogen (secondary N) is 2. The van der Waals surface area contributed by atoms with Gasteiger partial charge in [-0.1, -0.05) is 6.92 Å². The molecule has 2 rings (SSSR count). The number of rotatable bonds is 5. The molecule has 0 atom stereocenters. The summed E-state index contributed by atoms with van der Waals surface area (Å²) in [6.45, 7) is 4.47. The van der Waals surface area contributed by atoms with Gasteiger partial charge >= 0.3 is 11.9 Å². The number of hydrogen-bond acceptors (Lipinski definition) is 5. The predicted molar refractivity (Wildman–Crippen MR) is 91.7 cm³/mol. The second kappa shape index (κ2) is 8.62. The largest absolute Gasteiger partial charge is 0.465 e. The van der Waals surface area contributed by atoms with Crippen LogP contribution in [0.5, 0.6) is 0 Å².